The van der Waals surface area contributed by atoms with Gasteiger partial charge in [-0.05, 0) is 48.5 Å². The van der Waals surface area contributed by atoms with Crippen LogP contribution in [-0.2, 0) is 4.74 Å². The largest absolute Gasteiger partial charge is 0.470 e. The van der Waals surface area contributed by atoms with E-state index < -0.39 is 0 Å². The van der Waals surface area contributed by atoms with E-state index in [2.05, 4.69) is 15.9 Å². The monoisotopic (exact) mass is 237 g/mol. The third-order valence-corrected chi connectivity index (χ3v) is 2.42. The molecule has 0 atom stereocenters. The van der Waals surface area contributed by atoms with Crippen LogP contribution in [0.4, 0.5) is 0 Å². The molecule has 64 valence electrons. The van der Waals surface area contributed by atoms with E-state index in [0.29, 0.717) is 0 Å². The number of halogens is 1. The van der Waals surface area contributed by atoms with E-state index in [9.17, 15) is 0 Å². The van der Waals surface area contributed by atoms with E-state index in [1.165, 1.54) is 11.8 Å². The molecule has 0 saturated carbocycles. The molecular weight excluding hydrogens is 226 g/mol. The summed E-state index contributed by atoms with van der Waals surface area (Å²) in [5, 5.41) is 7.55. The van der Waals surface area contributed by atoms with Crippen molar-refractivity contribution in [3.63, 3.8) is 0 Å². The SMILES string of the molecule is C/C=C(/Br)SC(=N)OC(C)C. The molecule has 0 aromatic rings. The summed E-state index contributed by atoms with van der Waals surface area (Å²) in [6.07, 6.45) is 1.95. The Labute approximate surface area is 80.0 Å². The van der Waals surface area contributed by atoms with Gasteiger partial charge >= 0.3 is 0 Å². The van der Waals surface area contributed by atoms with Crippen molar-refractivity contribution in [3.05, 3.63) is 9.89 Å². The summed E-state index contributed by atoms with van der Waals surface area (Å²) < 4.78 is 6.00. The zero-order chi connectivity index (χ0) is 8.85. The highest BCUT2D eigenvalue weighted by Gasteiger charge is 2.02. The van der Waals surface area contributed by atoms with Crippen molar-refractivity contribution in [1.29, 1.82) is 5.41 Å². The number of hydrogen-bond acceptors (Lipinski definition) is 3. The molecule has 0 unspecified atom stereocenters. The minimum Gasteiger partial charge on any atom is -0.470 e. The Balaban J connectivity index is 3.70. The Morgan fingerprint density at radius 2 is 2.18 bits per heavy atom. The van der Waals surface area contributed by atoms with Crippen LogP contribution >= 0.6 is 27.7 Å². The van der Waals surface area contributed by atoms with Crippen LogP contribution in [0.25, 0.3) is 0 Å². The van der Waals surface area contributed by atoms with Gasteiger partial charge in [0, 0.05) is 0 Å². The molecule has 0 aliphatic carbocycles. The van der Waals surface area contributed by atoms with Gasteiger partial charge in [0.25, 0.3) is 0 Å². The number of thioether (sulfide) groups is 1. The number of nitrogens with one attached hydrogen (secondary N) is 1. The number of allylic oxidation sites excluding steroid dienone is 1. The van der Waals surface area contributed by atoms with Gasteiger partial charge in [0.1, 0.15) is 0 Å². The van der Waals surface area contributed by atoms with Gasteiger partial charge in [-0.15, -0.1) is 0 Å². The summed E-state index contributed by atoms with van der Waals surface area (Å²) in [6, 6.07) is 0. The second-order valence-corrected chi connectivity index (χ2v) is 4.54. The van der Waals surface area contributed by atoms with Gasteiger partial charge in [0.05, 0.1) is 9.92 Å². The van der Waals surface area contributed by atoms with E-state index in [1.807, 2.05) is 26.8 Å². The summed E-state index contributed by atoms with van der Waals surface area (Å²) in [6.45, 7) is 5.71. The van der Waals surface area contributed by atoms with Gasteiger partial charge in [-0.25, -0.2) is 0 Å². The maximum absolute atomic E-state index is 7.32. The molecule has 0 aromatic carbocycles. The lowest BCUT2D eigenvalue weighted by Gasteiger charge is -2.08. The normalized spacial score (nSPS) is 11.9. The molecule has 4 heteroatoms. The second-order valence-electron chi connectivity index (χ2n) is 2.15. The van der Waals surface area contributed by atoms with Crippen LogP contribution in [-0.4, -0.2) is 11.3 Å². The van der Waals surface area contributed by atoms with Crippen LogP contribution < -0.4 is 0 Å². The zero-order valence-electron chi connectivity index (χ0n) is 6.85. The molecule has 0 aliphatic heterocycles. The van der Waals surface area contributed by atoms with Crippen LogP contribution in [0.2, 0.25) is 0 Å². The number of ether oxygens (including phenoxy) is 1. The molecule has 0 radical (unpaired) electrons. The van der Waals surface area contributed by atoms with Crippen LogP contribution in [0.15, 0.2) is 9.89 Å². The number of hydrogen-bond donors (Lipinski definition) is 1. The lowest BCUT2D eigenvalue weighted by molar-refractivity contribution is 0.235. The highest BCUT2D eigenvalue weighted by molar-refractivity contribution is 9.14. The van der Waals surface area contributed by atoms with Crippen molar-refractivity contribution >= 4 is 32.9 Å². The van der Waals surface area contributed by atoms with Crippen LogP contribution in [0, 0.1) is 5.41 Å². The summed E-state index contributed by atoms with van der Waals surface area (Å²) in [4.78, 5) is 0. The first kappa shape index (κ1) is 11.0. The minimum absolute atomic E-state index is 0.0761. The van der Waals surface area contributed by atoms with Gasteiger partial charge in [-0.2, -0.15) is 0 Å². The molecule has 1 N–H and O–H groups in total. The van der Waals surface area contributed by atoms with Crippen molar-refractivity contribution in [2.75, 3.05) is 0 Å². The lowest BCUT2D eigenvalue weighted by Crippen LogP contribution is -2.06. The molecular formula is C7H12BrNOS. The maximum Gasteiger partial charge on any atom is 0.248 e. The molecule has 0 fully saturated rings. The zero-order valence-corrected chi connectivity index (χ0v) is 9.25. The predicted molar refractivity (Wildman–Crippen MR) is 54.2 cm³/mol. The van der Waals surface area contributed by atoms with Crippen molar-refractivity contribution in [2.45, 2.75) is 26.9 Å². The minimum atomic E-state index is 0.0761. The van der Waals surface area contributed by atoms with Gasteiger partial charge in [-0.3, -0.25) is 5.41 Å². The molecule has 0 bridgehead atoms. The molecule has 0 amide bonds. The standard InChI is InChI=1S/C7H12BrNOS/c1-4-6(8)11-7(9)10-5(2)3/h4-5,9H,1-3H3/b6-4-,9-7?. The predicted octanol–water partition coefficient (Wildman–Crippen LogP) is 3.34. The van der Waals surface area contributed by atoms with E-state index in [-0.39, 0.29) is 11.3 Å². The van der Waals surface area contributed by atoms with Gasteiger partial charge in [0.2, 0.25) is 5.23 Å². The first-order valence-electron chi connectivity index (χ1n) is 3.31. The molecule has 11 heavy (non-hydrogen) atoms. The van der Waals surface area contributed by atoms with Crippen LogP contribution in [0.1, 0.15) is 20.8 Å². The molecule has 0 rings (SSSR count). The van der Waals surface area contributed by atoms with E-state index in [0.717, 1.165) is 3.81 Å². The van der Waals surface area contributed by atoms with Gasteiger partial charge < -0.3 is 4.74 Å². The third-order valence-electron chi connectivity index (χ3n) is 0.760. The summed E-state index contributed by atoms with van der Waals surface area (Å²) in [5.74, 6) is 0. The fraction of sp³-hybridized carbons (Fsp3) is 0.571. The van der Waals surface area contributed by atoms with Crippen molar-refractivity contribution < 1.29 is 4.74 Å². The molecule has 0 saturated heterocycles. The van der Waals surface area contributed by atoms with Crippen molar-refractivity contribution in [1.82, 2.24) is 0 Å². The third kappa shape index (κ3) is 6.44. The maximum atomic E-state index is 7.32. The first-order valence-corrected chi connectivity index (χ1v) is 4.92. The topological polar surface area (TPSA) is 33.1 Å². The quantitative estimate of drug-likeness (QED) is 0.591. The fourth-order valence-corrected chi connectivity index (χ4v) is 1.36. The number of rotatable bonds is 2. The summed E-state index contributed by atoms with van der Waals surface area (Å²) in [7, 11) is 0. The average Bonchev–Trinajstić information content (AvgIpc) is 1.85. The van der Waals surface area contributed by atoms with Crippen molar-refractivity contribution in [3.8, 4) is 0 Å². The second kappa shape index (κ2) is 5.66. The Morgan fingerprint density at radius 1 is 1.64 bits per heavy atom. The Morgan fingerprint density at radius 3 is 2.55 bits per heavy atom. The van der Waals surface area contributed by atoms with Crippen LogP contribution in [0.3, 0.4) is 0 Å². The lowest BCUT2D eigenvalue weighted by atomic mass is 10.5. The van der Waals surface area contributed by atoms with E-state index in [1.54, 1.807) is 0 Å². The summed E-state index contributed by atoms with van der Waals surface area (Å²) in [5.41, 5.74) is 0. The van der Waals surface area contributed by atoms with Gasteiger partial charge in [-0.1, -0.05) is 6.08 Å². The molecule has 0 spiro atoms. The van der Waals surface area contributed by atoms with Crippen molar-refractivity contribution in [2.24, 2.45) is 0 Å². The molecule has 2 nitrogen and oxygen atoms in total. The fourth-order valence-electron chi connectivity index (χ4n) is 0.386. The molecule has 0 heterocycles. The highest BCUT2D eigenvalue weighted by Crippen LogP contribution is 2.23. The average molecular weight is 238 g/mol. The van der Waals surface area contributed by atoms with Crippen LogP contribution in [0.5, 0.6) is 0 Å². The Kier molecular flexibility index (Phi) is 5.68. The molecule has 0 aromatic heterocycles. The smallest absolute Gasteiger partial charge is 0.248 e. The van der Waals surface area contributed by atoms with E-state index in [4.69, 9.17) is 10.1 Å². The Bertz CT molecular complexity index is 168. The van der Waals surface area contributed by atoms with Gasteiger partial charge in [0.15, 0.2) is 0 Å². The molecule has 0 aliphatic rings. The Hall–Kier alpha value is 0.0400. The highest BCUT2D eigenvalue weighted by atomic mass is 79.9. The van der Waals surface area contributed by atoms with E-state index >= 15 is 0 Å². The first-order chi connectivity index (χ1) is 5.06. The summed E-state index contributed by atoms with van der Waals surface area (Å²) >= 11 is 4.54.